The molecule has 0 unspecified atom stereocenters. The van der Waals surface area contributed by atoms with Crippen LogP contribution in [0.5, 0.6) is 5.75 Å². The van der Waals surface area contributed by atoms with E-state index in [-0.39, 0.29) is 22.9 Å². The molecule has 0 aliphatic carbocycles. The lowest BCUT2D eigenvalue weighted by Gasteiger charge is -2.10. The Morgan fingerprint density at radius 2 is 2.00 bits per heavy atom. The van der Waals surface area contributed by atoms with E-state index in [0.29, 0.717) is 13.0 Å². The Bertz CT molecular complexity index is 525. The molecule has 0 aliphatic rings. The van der Waals surface area contributed by atoms with E-state index < -0.39 is 15.8 Å². The molecule has 114 valence electrons. The van der Waals surface area contributed by atoms with Gasteiger partial charge in [-0.2, -0.15) is 0 Å². The van der Waals surface area contributed by atoms with Gasteiger partial charge in [-0.25, -0.2) is 17.5 Å². The van der Waals surface area contributed by atoms with E-state index in [4.69, 9.17) is 15.2 Å². The van der Waals surface area contributed by atoms with Crippen LogP contribution in [0.1, 0.15) is 12.8 Å². The average molecular weight is 306 g/mol. The number of rotatable bonds is 8. The Morgan fingerprint density at radius 1 is 1.30 bits per heavy atom. The molecule has 8 heteroatoms. The topological polar surface area (TPSA) is 90.7 Å². The van der Waals surface area contributed by atoms with Gasteiger partial charge in [0.2, 0.25) is 10.0 Å². The fourth-order valence-corrected chi connectivity index (χ4v) is 2.74. The third kappa shape index (κ3) is 4.32. The SMILES string of the molecule is COCCCCNS(=O)(=O)c1cc(N)c(OC)c(F)c1. The molecule has 20 heavy (non-hydrogen) atoms. The molecule has 0 saturated carbocycles. The number of hydrogen-bond acceptors (Lipinski definition) is 5. The summed E-state index contributed by atoms with van der Waals surface area (Å²) in [5, 5.41) is 0. The molecule has 6 nitrogen and oxygen atoms in total. The van der Waals surface area contributed by atoms with Gasteiger partial charge in [-0.15, -0.1) is 0 Å². The number of unbranched alkanes of at least 4 members (excludes halogenated alkanes) is 1. The van der Waals surface area contributed by atoms with Gasteiger partial charge in [0, 0.05) is 20.3 Å². The van der Waals surface area contributed by atoms with Gasteiger partial charge in [-0.05, 0) is 25.0 Å². The molecule has 0 saturated heterocycles. The second-order valence-electron chi connectivity index (χ2n) is 4.13. The summed E-state index contributed by atoms with van der Waals surface area (Å²) in [4.78, 5) is -0.222. The van der Waals surface area contributed by atoms with Crippen molar-refractivity contribution in [2.45, 2.75) is 17.7 Å². The molecule has 0 spiro atoms. The van der Waals surface area contributed by atoms with Gasteiger partial charge < -0.3 is 15.2 Å². The fraction of sp³-hybridized carbons (Fsp3) is 0.500. The monoisotopic (exact) mass is 306 g/mol. The van der Waals surface area contributed by atoms with Crippen molar-refractivity contribution in [3.63, 3.8) is 0 Å². The van der Waals surface area contributed by atoms with E-state index >= 15 is 0 Å². The second kappa shape index (κ2) is 7.41. The van der Waals surface area contributed by atoms with Crippen molar-refractivity contribution in [2.75, 3.05) is 33.1 Å². The maximum Gasteiger partial charge on any atom is 0.240 e. The van der Waals surface area contributed by atoms with Crippen LogP contribution >= 0.6 is 0 Å². The normalized spacial score (nSPS) is 11.6. The van der Waals surface area contributed by atoms with Crippen LogP contribution in [0, 0.1) is 5.82 Å². The van der Waals surface area contributed by atoms with E-state index in [1.165, 1.54) is 13.2 Å². The molecule has 0 atom stereocenters. The maximum absolute atomic E-state index is 13.6. The Kier molecular flexibility index (Phi) is 6.18. The summed E-state index contributed by atoms with van der Waals surface area (Å²) in [6.45, 7) is 0.811. The zero-order chi connectivity index (χ0) is 15.2. The molecule has 0 amide bonds. The van der Waals surface area contributed by atoms with Gasteiger partial charge in [-0.3, -0.25) is 0 Å². The number of nitrogen functional groups attached to an aromatic ring is 1. The van der Waals surface area contributed by atoms with Crippen molar-refractivity contribution in [2.24, 2.45) is 0 Å². The van der Waals surface area contributed by atoms with Crippen LogP contribution < -0.4 is 15.2 Å². The first-order valence-corrected chi connectivity index (χ1v) is 7.52. The van der Waals surface area contributed by atoms with Gasteiger partial charge in [0.15, 0.2) is 11.6 Å². The minimum absolute atomic E-state index is 0.0627. The first-order valence-electron chi connectivity index (χ1n) is 6.04. The van der Waals surface area contributed by atoms with Crippen molar-refractivity contribution in [1.82, 2.24) is 4.72 Å². The lowest BCUT2D eigenvalue weighted by atomic mass is 10.3. The molecule has 1 aromatic carbocycles. The number of halogens is 1. The summed E-state index contributed by atoms with van der Waals surface area (Å²) in [5.74, 6) is -0.976. The summed E-state index contributed by atoms with van der Waals surface area (Å²) in [6.07, 6.45) is 1.36. The summed E-state index contributed by atoms with van der Waals surface area (Å²) in [7, 11) is -0.946. The standard InChI is InChI=1S/C12H19FN2O4S/c1-18-6-4-3-5-15-20(16,17)9-7-10(13)12(19-2)11(14)8-9/h7-8,15H,3-6,14H2,1-2H3. The number of hydrogen-bond donors (Lipinski definition) is 2. The zero-order valence-corrected chi connectivity index (χ0v) is 12.3. The van der Waals surface area contributed by atoms with Crippen molar-refractivity contribution in [3.8, 4) is 5.75 Å². The van der Waals surface area contributed by atoms with Crippen LogP contribution in [-0.2, 0) is 14.8 Å². The summed E-state index contributed by atoms with van der Waals surface area (Å²) in [6, 6.07) is 2.05. The highest BCUT2D eigenvalue weighted by Gasteiger charge is 2.18. The van der Waals surface area contributed by atoms with Crippen LogP contribution in [0.25, 0.3) is 0 Å². The van der Waals surface area contributed by atoms with E-state index in [9.17, 15) is 12.8 Å². The van der Waals surface area contributed by atoms with Crippen molar-refractivity contribution in [3.05, 3.63) is 17.9 Å². The Labute approximate surface area is 118 Å². The number of sulfonamides is 1. The fourth-order valence-electron chi connectivity index (χ4n) is 1.62. The molecule has 1 rings (SSSR count). The van der Waals surface area contributed by atoms with Crippen molar-refractivity contribution in [1.29, 1.82) is 0 Å². The van der Waals surface area contributed by atoms with Crippen LogP contribution in [0.2, 0.25) is 0 Å². The number of benzene rings is 1. The number of ether oxygens (including phenoxy) is 2. The van der Waals surface area contributed by atoms with Crippen LogP contribution in [0.15, 0.2) is 17.0 Å². The molecular formula is C12H19FN2O4S. The molecule has 0 bridgehead atoms. The summed E-state index contributed by atoms with van der Waals surface area (Å²) < 4.78 is 49.5. The highest BCUT2D eigenvalue weighted by molar-refractivity contribution is 7.89. The lowest BCUT2D eigenvalue weighted by molar-refractivity contribution is 0.193. The number of anilines is 1. The molecule has 0 aromatic heterocycles. The van der Waals surface area contributed by atoms with Gasteiger partial charge in [0.05, 0.1) is 17.7 Å². The molecule has 0 fully saturated rings. The summed E-state index contributed by atoms with van der Waals surface area (Å²) >= 11 is 0. The molecule has 1 aromatic rings. The van der Waals surface area contributed by atoms with Crippen LogP contribution in [-0.4, -0.2) is 35.8 Å². The quantitative estimate of drug-likeness (QED) is 0.555. The van der Waals surface area contributed by atoms with E-state index in [1.54, 1.807) is 7.11 Å². The van der Waals surface area contributed by atoms with Gasteiger partial charge in [-0.1, -0.05) is 0 Å². The largest absolute Gasteiger partial charge is 0.492 e. The molecule has 0 heterocycles. The van der Waals surface area contributed by atoms with E-state index in [2.05, 4.69) is 4.72 Å². The Balaban J connectivity index is 2.78. The molecule has 0 aliphatic heterocycles. The third-order valence-corrected chi connectivity index (χ3v) is 4.07. The minimum atomic E-state index is -3.78. The van der Waals surface area contributed by atoms with E-state index in [0.717, 1.165) is 12.5 Å². The third-order valence-electron chi connectivity index (χ3n) is 2.63. The smallest absolute Gasteiger partial charge is 0.240 e. The Hall–Kier alpha value is -1.38. The lowest BCUT2D eigenvalue weighted by Crippen LogP contribution is -2.25. The van der Waals surface area contributed by atoms with Gasteiger partial charge in [0.25, 0.3) is 0 Å². The van der Waals surface area contributed by atoms with Crippen LogP contribution in [0.3, 0.4) is 0 Å². The average Bonchev–Trinajstić information content (AvgIpc) is 2.38. The number of methoxy groups -OCH3 is 2. The molecule has 0 radical (unpaired) electrons. The highest BCUT2D eigenvalue weighted by atomic mass is 32.2. The van der Waals surface area contributed by atoms with E-state index in [1.807, 2.05) is 0 Å². The predicted molar refractivity (Wildman–Crippen MR) is 73.7 cm³/mol. The van der Waals surface area contributed by atoms with Crippen molar-refractivity contribution < 1.29 is 22.3 Å². The first kappa shape index (κ1) is 16.7. The van der Waals surface area contributed by atoms with Crippen LogP contribution in [0.4, 0.5) is 10.1 Å². The molecular weight excluding hydrogens is 287 g/mol. The minimum Gasteiger partial charge on any atom is -0.492 e. The van der Waals surface area contributed by atoms with Gasteiger partial charge >= 0.3 is 0 Å². The first-order chi connectivity index (χ1) is 9.42. The zero-order valence-electron chi connectivity index (χ0n) is 11.5. The van der Waals surface area contributed by atoms with Crippen molar-refractivity contribution >= 4 is 15.7 Å². The summed E-state index contributed by atoms with van der Waals surface area (Å²) in [5.41, 5.74) is 5.49. The number of nitrogens with two attached hydrogens (primary N) is 1. The Morgan fingerprint density at radius 3 is 2.55 bits per heavy atom. The number of nitrogens with one attached hydrogen (secondary N) is 1. The highest BCUT2D eigenvalue weighted by Crippen LogP contribution is 2.28. The predicted octanol–water partition coefficient (Wildman–Crippen LogP) is 1.12. The molecule has 3 N–H and O–H groups in total. The maximum atomic E-state index is 13.6. The second-order valence-corrected chi connectivity index (χ2v) is 5.89. The van der Waals surface area contributed by atoms with Gasteiger partial charge in [0.1, 0.15) is 0 Å².